The molecule has 1 saturated heterocycles. The first-order valence-corrected chi connectivity index (χ1v) is 8.91. The summed E-state index contributed by atoms with van der Waals surface area (Å²) in [6, 6.07) is 18.2. The number of aromatic nitrogens is 2. The van der Waals surface area contributed by atoms with Gasteiger partial charge in [-0.3, -0.25) is 4.98 Å². The Kier molecular flexibility index (Phi) is 4.58. The van der Waals surface area contributed by atoms with Gasteiger partial charge in [0, 0.05) is 24.6 Å². The number of hydrogen-bond donors (Lipinski definition) is 2. The van der Waals surface area contributed by atoms with Gasteiger partial charge in [0.2, 0.25) is 0 Å². The van der Waals surface area contributed by atoms with E-state index in [1.807, 2.05) is 48.8 Å². The van der Waals surface area contributed by atoms with Crippen LogP contribution in [0.3, 0.4) is 0 Å². The maximum absolute atomic E-state index is 5.66. The Morgan fingerprint density at radius 3 is 2.62 bits per heavy atom. The maximum atomic E-state index is 5.66. The summed E-state index contributed by atoms with van der Waals surface area (Å²) in [4.78, 5) is 10.1. The number of pyridine rings is 1. The van der Waals surface area contributed by atoms with Crippen molar-refractivity contribution in [1.29, 1.82) is 0 Å². The van der Waals surface area contributed by atoms with Gasteiger partial charge in [-0.25, -0.2) is 0 Å². The van der Waals surface area contributed by atoms with Gasteiger partial charge < -0.3 is 19.9 Å². The molecule has 0 spiro atoms. The van der Waals surface area contributed by atoms with Crippen LogP contribution >= 0.6 is 12.2 Å². The molecule has 1 aliphatic heterocycles. The number of benzene rings is 1. The number of methoxy groups -OCH3 is 1. The monoisotopic (exact) mass is 364 g/mol. The van der Waals surface area contributed by atoms with E-state index < -0.39 is 0 Å². The van der Waals surface area contributed by atoms with E-state index in [-0.39, 0.29) is 12.1 Å². The number of aromatic amines is 1. The van der Waals surface area contributed by atoms with Gasteiger partial charge >= 0.3 is 0 Å². The van der Waals surface area contributed by atoms with Crippen LogP contribution in [-0.4, -0.2) is 27.1 Å². The summed E-state index contributed by atoms with van der Waals surface area (Å²) < 4.78 is 5.25. The first-order valence-electron chi connectivity index (χ1n) is 8.50. The average molecular weight is 364 g/mol. The summed E-state index contributed by atoms with van der Waals surface area (Å²) in [6.07, 6.45) is 3.76. The molecule has 4 rings (SSSR count). The molecule has 2 aromatic heterocycles. The molecule has 3 heterocycles. The molecule has 0 amide bonds. The van der Waals surface area contributed by atoms with E-state index in [4.69, 9.17) is 17.0 Å². The van der Waals surface area contributed by atoms with Crippen molar-refractivity contribution >= 4 is 17.3 Å². The Labute approximate surface area is 158 Å². The fourth-order valence-electron chi connectivity index (χ4n) is 3.37. The molecule has 2 N–H and O–H groups in total. The molecule has 3 aromatic rings. The van der Waals surface area contributed by atoms with Crippen molar-refractivity contribution in [3.63, 3.8) is 0 Å². The van der Waals surface area contributed by atoms with Gasteiger partial charge in [-0.15, -0.1) is 0 Å². The minimum absolute atomic E-state index is 0.000554. The zero-order chi connectivity index (χ0) is 17.9. The Morgan fingerprint density at radius 1 is 1.12 bits per heavy atom. The third-order valence-corrected chi connectivity index (χ3v) is 5.00. The average Bonchev–Trinajstić information content (AvgIpc) is 3.32. The second kappa shape index (κ2) is 7.17. The highest BCUT2D eigenvalue weighted by Crippen LogP contribution is 2.38. The summed E-state index contributed by atoms with van der Waals surface area (Å²) in [5.41, 5.74) is 3.27. The topological polar surface area (TPSA) is 53.2 Å². The summed E-state index contributed by atoms with van der Waals surface area (Å²) in [7, 11) is 1.67. The summed E-state index contributed by atoms with van der Waals surface area (Å²) >= 11 is 5.66. The van der Waals surface area contributed by atoms with Gasteiger partial charge in [0.25, 0.3) is 0 Å². The number of H-pyrrole nitrogens is 1. The van der Waals surface area contributed by atoms with Crippen molar-refractivity contribution in [2.24, 2.45) is 0 Å². The second-order valence-electron chi connectivity index (χ2n) is 6.23. The van der Waals surface area contributed by atoms with Gasteiger partial charge in [-0.05, 0) is 54.2 Å². The maximum Gasteiger partial charge on any atom is 0.170 e. The number of thiocarbonyl (C=S) groups is 1. The van der Waals surface area contributed by atoms with E-state index in [9.17, 15) is 0 Å². The molecule has 26 heavy (non-hydrogen) atoms. The van der Waals surface area contributed by atoms with Crippen LogP contribution in [0, 0.1) is 0 Å². The molecule has 0 radical (unpaired) electrons. The van der Waals surface area contributed by atoms with Gasteiger partial charge in [0.1, 0.15) is 5.75 Å². The Balaban J connectivity index is 1.66. The Bertz CT molecular complexity index is 865. The molecule has 6 heteroatoms. The number of rotatable bonds is 5. The normalized spacial score (nSPS) is 19.4. The van der Waals surface area contributed by atoms with E-state index in [1.165, 1.54) is 5.56 Å². The molecular weight excluding hydrogens is 344 g/mol. The highest BCUT2D eigenvalue weighted by molar-refractivity contribution is 7.80. The van der Waals surface area contributed by atoms with Crippen LogP contribution in [0.25, 0.3) is 0 Å². The SMILES string of the molecule is COc1ccc(CN2C(=S)N[C@@H](c3ccccn3)[C@@H]2c2ccc[nH]2)cc1. The van der Waals surface area contributed by atoms with Crippen LogP contribution in [0.2, 0.25) is 0 Å². The van der Waals surface area contributed by atoms with Crippen molar-refractivity contribution in [3.8, 4) is 5.75 Å². The third kappa shape index (κ3) is 3.15. The molecule has 1 aromatic carbocycles. The Hall–Kier alpha value is -2.86. The van der Waals surface area contributed by atoms with Crippen LogP contribution in [0.5, 0.6) is 5.75 Å². The lowest BCUT2D eigenvalue weighted by Crippen LogP contribution is -2.29. The quantitative estimate of drug-likeness (QED) is 0.678. The fourth-order valence-corrected chi connectivity index (χ4v) is 3.68. The molecular formula is C20H20N4OS. The molecule has 0 bridgehead atoms. The highest BCUT2D eigenvalue weighted by Gasteiger charge is 2.40. The van der Waals surface area contributed by atoms with Gasteiger partial charge in [-0.1, -0.05) is 18.2 Å². The van der Waals surface area contributed by atoms with Gasteiger partial charge in [0.05, 0.1) is 24.9 Å². The van der Waals surface area contributed by atoms with E-state index in [0.29, 0.717) is 6.54 Å². The van der Waals surface area contributed by atoms with E-state index in [2.05, 4.69) is 38.4 Å². The Morgan fingerprint density at radius 2 is 1.96 bits per heavy atom. The van der Waals surface area contributed by atoms with Crippen LogP contribution in [0.4, 0.5) is 0 Å². The zero-order valence-electron chi connectivity index (χ0n) is 14.4. The van der Waals surface area contributed by atoms with Crippen LogP contribution < -0.4 is 10.1 Å². The van der Waals surface area contributed by atoms with Gasteiger partial charge in [-0.2, -0.15) is 0 Å². The lowest BCUT2D eigenvalue weighted by Gasteiger charge is -2.27. The molecule has 1 aliphatic rings. The van der Waals surface area contributed by atoms with Crippen LogP contribution in [0.15, 0.2) is 67.0 Å². The first kappa shape index (κ1) is 16.6. The third-order valence-electron chi connectivity index (χ3n) is 4.65. The molecule has 0 unspecified atom stereocenters. The smallest absolute Gasteiger partial charge is 0.170 e. The van der Waals surface area contributed by atoms with E-state index in [1.54, 1.807) is 7.11 Å². The van der Waals surface area contributed by atoms with Crippen LogP contribution in [0.1, 0.15) is 29.0 Å². The van der Waals surface area contributed by atoms with Crippen molar-refractivity contribution in [2.45, 2.75) is 18.6 Å². The van der Waals surface area contributed by atoms with Crippen molar-refractivity contribution in [1.82, 2.24) is 20.2 Å². The molecule has 132 valence electrons. The first-order chi connectivity index (χ1) is 12.8. The molecule has 0 aliphatic carbocycles. The highest BCUT2D eigenvalue weighted by atomic mass is 32.1. The van der Waals surface area contributed by atoms with E-state index >= 15 is 0 Å². The molecule has 2 atom stereocenters. The predicted octanol–water partition coefficient (Wildman–Crippen LogP) is 3.59. The number of hydrogen-bond acceptors (Lipinski definition) is 3. The zero-order valence-corrected chi connectivity index (χ0v) is 15.2. The van der Waals surface area contributed by atoms with Crippen molar-refractivity contribution < 1.29 is 4.74 Å². The lowest BCUT2D eigenvalue weighted by atomic mass is 10.0. The minimum Gasteiger partial charge on any atom is -0.497 e. The second-order valence-corrected chi connectivity index (χ2v) is 6.61. The number of nitrogens with zero attached hydrogens (tertiary/aromatic N) is 2. The van der Waals surface area contributed by atoms with Crippen molar-refractivity contribution in [3.05, 3.63) is 83.9 Å². The number of ether oxygens (including phenoxy) is 1. The molecule has 5 nitrogen and oxygen atoms in total. The van der Waals surface area contributed by atoms with Crippen molar-refractivity contribution in [2.75, 3.05) is 7.11 Å². The molecule has 1 fully saturated rings. The summed E-state index contributed by atoms with van der Waals surface area (Å²) in [5, 5.41) is 4.18. The fraction of sp³-hybridized carbons (Fsp3) is 0.200. The lowest BCUT2D eigenvalue weighted by molar-refractivity contribution is 0.306. The summed E-state index contributed by atoms with van der Waals surface area (Å²) in [5.74, 6) is 0.850. The predicted molar refractivity (Wildman–Crippen MR) is 105 cm³/mol. The number of nitrogens with one attached hydrogen (secondary N) is 2. The minimum atomic E-state index is 0.000554. The summed E-state index contributed by atoms with van der Waals surface area (Å²) in [6.45, 7) is 0.711. The van der Waals surface area contributed by atoms with Crippen LogP contribution in [-0.2, 0) is 6.54 Å². The largest absolute Gasteiger partial charge is 0.497 e. The molecule has 0 saturated carbocycles. The van der Waals surface area contributed by atoms with Gasteiger partial charge in [0.15, 0.2) is 5.11 Å². The standard InChI is InChI=1S/C20H20N4OS/c1-25-15-9-7-14(8-10-15)13-24-19(17-6-4-12-22-17)18(23-20(24)26)16-5-2-3-11-21-16/h2-12,18-19,22H,13H2,1H3,(H,23,26)/t18-,19-/m0/s1. The van der Waals surface area contributed by atoms with E-state index in [0.717, 1.165) is 22.2 Å².